The molecule has 16 aromatic carbocycles. The third kappa shape index (κ3) is 19.2. The topological polar surface area (TPSA) is 78.8 Å². The fourth-order valence-electron chi connectivity index (χ4n) is 13.4. The summed E-state index contributed by atoms with van der Waals surface area (Å²) in [6.07, 6.45) is 0. The van der Waals surface area contributed by atoms with Crippen LogP contribution in [0.2, 0.25) is 0 Å². The second-order valence-corrected chi connectivity index (χ2v) is 28.1. The van der Waals surface area contributed by atoms with Crippen molar-refractivity contribution in [1.29, 1.82) is 0 Å². The molecule has 0 amide bonds. The molecular formula is C106H92O6. The summed E-state index contributed by atoms with van der Waals surface area (Å²) in [5.74, 6) is 0. The second kappa shape index (κ2) is 36.9. The van der Waals surface area contributed by atoms with Crippen LogP contribution < -0.4 is 0 Å². The molecule has 112 heavy (non-hydrogen) atoms. The summed E-state index contributed by atoms with van der Waals surface area (Å²) in [5, 5.41) is 14.5. The van der Waals surface area contributed by atoms with E-state index in [-0.39, 0.29) is 0 Å². The summed E-state index contributed by atoms with van der Waals surface area (Å²) in [6, 6.07) is 127. The quantitative estimate of drug-likeness (QED) is 0.151. The number of benzene rings is 16. The Bertz CT molecular complexity index is 6340. The van der Waals surface area contributed by atoms with Crippen LogP contribution >= 0.6 is 0 Å². The fourth-order valence-corrected chi connectivity index (χ4v) is 13.4. The van der Waals surface area contributed by atoms with Gasteiger partial charge in [-0.2, -0.15) is 0 Å². The Labute approximate surface area is 655 Å². The van der Waals surface area contributed by atoms with Crippen molar-refractivity contribution in [1.82, 2.24) is 0 Å². The maximum Gasteiger partial charge on any atom is 0.138 e. The Balaban J connectivity index is 0.000000110. The molecule has 0 unspecified atom stereocenters. The molecule has 0 N–H and O–H groups in total. The van der Waals surface area contributed by atoms with E-state index in [4.69, 9.17) is 26.5 Å². The fraction of sp³-hybridized carbons (Fsp3) is 0.0943. The van der Waals surface area contributed by atoms with Crippen LogP contribution in [0.25, 0.3) is 132 Å². The van der Waals surface area contributed by atoms with Gasteiger partial charge in [0.15, 0.2) is 0 Å². The Hall–Kier alpha value is -13.7. The molecule has 0 atom stereocenters. The lowest BCUT2D eigenvalue weighted by Crippen LogP contribution is -1.72. The van der Waals surface area contributed by atoms with Crippen LogP contribution in [-0.4, -0.2) is 0 Å². The summed E-state index contributed by atoms with van der Waals surface area (Å²) in [5.41, 5.74) is 24.5. The largest absolute Gasteiger partial charge is 0.456 e. The molecule has 0 fully saturated rings. The van der Waals surface area contributed by atoms with Crippen LogP contribution in [0.15, 0.2) is 403 Å². The van der Waals surface area contributed by atoms with Crippen molar-refractivity contribution < 1.29 is 26.5 Å². The third-order valence-corrected chi connectivity index (χ3v) is 19.2. The molecular weight excluding hydrogens is 1370 g/mol. The van der Waals surface area contributed by atoms with Gasteiger partial charge in [-0.15, -0.1) is 0 Å². The summed E-state index contributed by atoms with van der Waals surface area (Å²) in [7, 11) is 0. The molecule has 22 rings (SSSR count). The molecule has 6 aromatic heterocycles. The first-order valence-corrected chi connectivity index (χ1v) is 38.0. The molecule has 0 saturated heterocycles. The van der Waals surface area contributed by atoms with Gasteiger partial charge in [-0.1, -0.05) is 331 Å². The molecule has 6 nitrogen and oxygen atoms in total. The number of aryl methyl sites for hydroxylation is 10. The summed E-state index contributed by atoms with van der Waals surface area (Å²) >= 11 is 0. The zero-order valence-corrected chi connectivity index (χ0v) is 65.2. The monoisotopic (exact) mass is 1460 g/mol. The van der Waals surface area contributed by atoms with Gasteiger partial charge in [0.05, 0.1) is 0 Å². The van der Waals surface area contributed by atoms with Crippen molar-refractivity contribution in [3.63, 3.8) is 0 Å². The molecule has 0 spiro atoms. The Morgan fingerprint density at radius 3 is 0.750 bits per heavy atom. The summed E-state index contributed by atoms with van der Waals surface area (Å²) < 4.78 is 34.4. The molecule has 0 saturated carbocycles. The van der Waals surface area contributed by atoms with E-state index >= 15 is 0 Å². The minimum absolute atomic E-state index is 0.966. The van der Waals surface area contributed by atoms with Gasteiger partial charge in [-0.3, -0.25) is 0 Å². The van der Waals surface area contributed by atoms with Gasteiger partial charge in [-0.05, 0) is 170 Å². The molecule has 0 bridgehead atoms. The normalized spacial score (nSPS) is 10.6. The average molecular weight is 1460 g/mol. The second-order valence-electron chi connectivity index (χ2n) is 28.1. The van der Waals surface area contributed by atoms with Crippen LogP contribution in [0.5, 0.6) is 0 Å². The average Bonchev–Trinajstić information content (AvgIpc) is 1.66. The SMILES string of the molecule is Cc1ccc2c(c1)oc1ccccc12.Cc1ccc2oc3ccccc3c2c1.Cc1ccc2oc3ccccc3c2c1.Cc1cccc2c1oc1ccccc12.Cc1cccc2oc3ccccc3c12.Cc1cccc2oc3ccccc3c12.Cc1ccccc1.Cc1ccccc1.Cc1ccccc1.Cc1ccccc1. The molecule has 6 heteroatoms. The first-order valence-electron chi connectivity index (χ1n) is 38.0. The first-order chi connectivity index (χ1) is 54.7. The van der Waals surface area contributed by atoms with Crippen LogP contribution in [0, 0.1) is 69.2 Å². The highest BCUT2D eigenvalue weighted by Gasteiger charge is 2.12. The van der Waals surface area contributed by atoms with Crippen molar-refractivity contribution >= 4 is 132 Å². The molecule has 0 radical (unpaired) electrons. The van der Waals surface area contributed by atoms with Gasteiger partial charge in [0, 0.05) is 64.6 Å². The van der Waals surface area contributed by atoms with Gasteiger partial charge in [-0.25, -0.2) is 0 Å². The molecule has 6 heterocycles. The van der Waals surface area contributed by atoms with Gasteiger partial charge in [0.1, 0.15) is 67.0 Å². The van der Waals surface area contributed by atoms with Gasteiger partial charge < -0.3 is 26.5 Å². The van der Waals surface area contributed by atoms with Gasteiger partial charge in [0.2, 0.25) is 0 Å². The van der Waals surface area contributed by atoms with E-state index in [9.17, 15) is 0 Å². The van der Waals surface area contributed by atoms with E-state index in [1.807, 2.05) is 218 Å². The molecule has 22 aromatic rings. The lowest BCUT2D eigenvalue weighted by molar-refractivity contribution is 0.665. The molecule has 552 valence electrons. The number of fused-ring (bicyclic) bond motifs is 18. The van der Waals surface area contributed by atoms with Crippen LogP contribution in [-0.2, 0) is 0 Å². The Morgan fingerprint density at radius 1 is 0.134 bits per heavy atom. The van der Waals surface area contributed by atoms with E-state index in [0.717, 1.165) is 67.0 Å². The Morgan fingerprint density at radius 2 is 0.375 bits per heavy atom. The number of rotatable bonds is 0. The smallest absolute Gasteiger partial charge is 0.138 e. The van der Waals surface area contributed by atoms with Crippen molar-refractivity contribution in [2.24, 2.45) is 0 Å². The van der Waals surface area contributed by atoms with E-state index in [1.165, 1.54) is 120 Å². The maximum absolute atomic E-state index is 5.78. The standard InChI is InChI=1S/6C13H10O.4C7H8/c1-9-5-4-7-11-10-6-2-3-8-12(10)14-13(9)11;2*1-9-5-4-8-12-13(9)10-6-2-3-7-11(10)14-12;2*1-9-6-7-13-11(8-9)10-4-2-3-5-12(10)14-13;1-9-6-7-11-10-4-2-3-5-12(10)14-13(11)8-9;4*1-7-5-3-2-4-6-7/h6*2-8H,1H3;4*2-6H,1H3. The summed E-state index contributed by atoms with van der Waals surface area (Å²) in [4.78, 5) is 0. The lowest BCUT2D eigenvalue weighted by Gasteiger charge is -1.93. The highest BCUT2D eigenvalue weighted by molar-refractivity contribution is 6.10. The number of hydrogen-bond acceptors (Lipinski definition) is 6. The highest BCUT2D eigenvalue weighted by Crippen LogP contribution is 2.35. The molecule has 0 aliphatic heterocycles. The van der Waals surface area contributed by atoms with Gasteiger partial charge in [0.25, 0.3) is 0 Å². The van der Waals surface area contributed by atoms with Crippen molar-refractivity contribution in [2.45, 2.75) is 69.2 Å². The molecule has 0 aliphatic carbocycles. The van der Waals surface area contributed by atoms with Crippen molar-refractivity contribution in [2.75, 3.05) is 0 Å². The van der Waals surface area contributed by atoms with E-state index < -0.39 is 0 Å². The van der Waals surface area contributed by atoms with Crippen molar-refractivity contribution in [3.05, 3.63) is 432 Å². The van der Waals surface area contributed by atoms with E-state index in [0.29, 0.717) is 0 Å². The Kier molecular flexibility index (Phi) is 25.2. The zero-order valence-electron chi connectivity index (χ0n) is 65.2. The first kappa shape index (κ1) is 76.5. The number of para-hydroxylation sites is 7. The van der Waals surface area contributed by atoms with Crippen molar-refractivity contribution in [3.8, 4) is 0 Å². The highest BCUT2D eigenvalue weighted by atomic mass is 16.3. The summed E-state index contributed by atoms with van der Waals surface area (Å²) in [6.45, 7) is 20.9. The van der Waals surface area contributed by atoms with E-state index in [1.54, 1.807) is 0 Å². The van der Waals surface area contributed by atoms with Crippen LogP contribution in [0.3, 0.4) is 0 Å². The van der Waals surface area contributed by atoms with Crippen LogP contribution in [0.1, 0.15) is 55.6 Å². The molecule has 0 aliphatic rings. The number of hydrogen-bond donors (Lipinski definition) is 0. The minimum Gasteiger partial charge on any atom is -0.456 e. The zero-order chi connectivity index (χ0) is 77.7. The predicted molar refractivity (Wildman–Crippen MR) is 475 cm³/mol. The third-order valence-electron chi connectivity index (χ3n) is 19.2. The van der Waals surface area contributed by atoms with Crippen LogP contribution in [0.4, 0.5) is 0 Å². The predicted octanol–water partition coefficient (Wildman–Crippen LogP) is 31.3. The number of furan rings is 6. The van der Waals surface area contributed by atoms with Gasteiger partial charge >= 0.3 is 0 Å². The minimum atomic E-state index is 0.966. The lowest BCUT2D eigenvalue weighted by atomic mass is 10.1. The maximum atomic E-state index is 5.78. The van der Waals surface area contributed by atoms with E-state index in [2.05, 4.69) is 227 Å².